The summed E-state index contributed by atoms with van der Waals surface area (Å²) in [6, 6.07) is 5.35. The summed E-state index contributed by atoms with van der Waals surface area (Å²) in [6.07, 6.45) is -14.2. The Balaban J connectivity index is 1.40. The van der Waals surface area contributed by atoms with Gasteiger partial charge < -0.3 is 137 Å². The van der Waals surface area contributed by atoms with E-state index in [4.69, 9.17) is 94.3 Å². The molecule has 16 unspecified atom stereocenters. The van der Waals surface area contributed by atoms with Crippen LogP contribution < -0.4 is 37.2 Å². The van der Waals surface area contributed by atoms with Crippen molar-refractivity contribution in [3.05, 3.63) is 35.4 Å². The van der Waals surface area contributed by atoms with E-state index in [9.17, 15) is 77.5 Å². The van der Waals surface area contributed by atoms with Crippen LogP contribution in [0.15, 0.2) is 24.3 Å². The van der Waals surface area contributed by atoms with E-state index in [1.165, 1.54) is 25.7 Å². The second-order valence-electron chi connectivity index (χ2n) is 31.6. The Hall–Kier alpha value is -9.41. The lowest BCUT2D eigenvalue weighted by molar-refractivity contribution is -0.285. The Morgan fingerprint density at radius 1 is 0.511 bits per heavy atom. The quantitative estimate of drug-likeness (QED) is 0.0135. The van der Waals surface area contributed by atoms with Gasteiger partial charge in [0.25, 0.3) is 8.53 Å². The van der Waals surface area contributed by atoms with Crippen LogP contribution in [-0.2, 0) is 179 Å². The molecular formula is C84H131N10O36P. The molecule has 1 aromatic carbocycles. The van der Waals surface area contributed by atoms with Gasteiger partial charge in [-0.3, -0.25) is 76.8 Å². The molecule has 131 heavy (non-hydrogen) atoms. The molecule has 0 radical (unpaired) electrons. The van der Waals surface area contributed by atoms with Gasteiger partial charge in [0.1, 0.15) is 43.6 Å². The molecule has 46 nitrogen and oxygen atoms in total. The molecule has 738 valence electrons. The molecule has 3 saturated heterocycles. The Bertz CT molecular complexity index is 3890. The largest absolute Gasteiger partial charge is 0.463 e. The molecule has 7 amide bonds. The lowest BCUT2D eigenvalue weighted by Gasteiger charge is -2.48. The molecule has 1 saturated carbocycles. The van der Waals surface area contributed by atoms with Crippen LogP contribution in [0.2, 0.25) is 0 Å². The molecule has 0 aromatic heterocycles. The van der Waals surface area contributed by atoms with E-state index in [1.54, 1.807) is 24.3 Å². The first-order chi connectivity index (χ1) is 62.1. The molecule has 17 atom stereocenters. The first kappa shape index (κ1) is 112. The zero-order chi connectivity index (χ0) is 97.0. The van der Waals surface area contributed by atoms with Crippen molar-refractivity contribution >= 4 is 97.6 Å². The van der Waals surface area contributed by atoms with Gasteiger partial charge in [-0.05, 0) is 77.8 Å². The number of carbonyl (C=O) groups excluding carboxylic acids is 15. The third-order valence-corrected chi connectivity index (χ3v) is 22.0. The molecule has 3 aliphatic heterocycles. The van der Waals surface area contributed by atoms with Crippen molar-refractivity contribution in [1.29, 1.82) is 5.26 Å². The molecule has 1 aromatic rings. The fourth-order valence-electron chi connectivity index (χ4n) is 14.6. The number of nitrogens with one attached hydrogen (secondary N) is 7. The minimum atomic E-state index is -2.00. The van der Waals surface area contributed by atoms with Gasteiger partial charge in [-0.1, -0.05) is 24.3 Å². The smallest absolute Gasteiger partial charge is 0.303 e. The molecule has 47 heteroatoms. The van der Waals surface area contributed by atoms with Gasteiger partial charge in [-0.15, -0.1) is 0 Å². The summed E-state index contributed by atoms with van der Waals surface area (Å²) >= 11 is 0. The first-order valence-corrected chi connectivity index (χ1v) is 44.3. The second-order valence-corrected chi connectivity index (χ2v) is 33.0. The molecule has 4 fully saturated rings. The van der Waals surface area contributed by atoms with Crippen LogP contribution in [0.1, 0.15) is 154 Å². The number of nitrogens with zero attached hydrogens (tertiary/aromatic N) is 3. The summed E-state index contributed by atoms with van der Waals surface area (Å²) in [5.74, 6) is -10.9. The van der Waals surface area contributed by atoms with E-state index < -0.39 is 222 Å². The van der Waals surface area contributed by atoms with Crippen LogP contribution >= 0.6 is 8.53 Å². The standard InChI is InChI=1S/C84H131N10O36P/c1-48(2)94(49(3)4)131(121-30-17-26-85)130-65-24-22-64(23-25-65)80(109)89-41-63-20-18-62(19-21-63)40-66(81(110)88-29-33-112-35-38-115-83-73(91-51(6)96)78(126-60(15)105)75(123-57(12)102)69(129-83)46-118-55(10)100)93(42-70(107)86-27-31-111-34-37-114-82-72(90-50(5)95)77(125-59(14)104)74(122-56(11)101)68(128-82)45-117-54(9)99)43-71(108)87-28-32-113-36-39-120-84(92-52(7)97)47-119-67(44-116-53(8)98)76(124-58(13)103)79(84)127-61(16)106/h18-21,48-49,54,64-69,72-79,82-83,99H,17,22-25,27-47H2,1-16H3,(H,86,107)(H,87,108)(H,88,110)(H,89,109)(H,90,95)(H,91,96)(H,92,97)/t54?,64-,65+,66?,67?,68?,69?,72?,73?,74?,75?,76?,77?,78?,79?,82?,83?,84-,131?/m1/s1. The van der Waals surface area contributed by atoms with Crippen LogP contribution in [0.3, 0.4) is 0 Å². The zero-order valence-corrected chi connectivity index (χ0v) is 78.1. The van der Waals surface area contributed by atoms with Crippen molar-refractivity contribution in [3.63, 3.8) is 0 Å². The van der Waals surface area contributed by atoms with Gasteiger partial charge in [0, 0.05) is 120 Å². The molecule has 1 aliphatic carbocycles. The van der Waals surface area contributed by atoms with Crippen molar-refractivity contribution in [2.24, 2.45) is 5.92 Å². The van der Waals surface area contributed by atoms with Crippen LogP contribution in [0, 0.1) is 17.2 Å². The summed E-state index contributed by atoms with van der Waals surface area (Å²) in [5.41, 5.74) is -0.789. The number of hydrogen-bond acceptors (Lipinski definition) is 39. The number of carbonyl (C=O) groups is 15. The third kappa shape index (κ3) is 40.9. The maximum atomic E-state index is 15.0. The van der Waals surface area contributed by atoms with Gasteiger partial charge in [0.05, 0.1) is 117 Å². The van der Waals surface area contributed by atoms with Gasteiger partial charge in [0.15, 0.2) is 55.5 Å². The number of hydrogen-bond donors (Lipinski definition) is 8. The Morgan fingerprint density at radius 2 is 0.962 bits per heavy atom. The predicted octanol–water partition coefficient (Wildman–Crippen LogP) is -0.423. The number of esters is 8. The summed E-state index contributed by atoms with van der Waals surface area (Å²) < 4.78 is 118. The molecule has 0 spiro atoms. The number of aliphatic hydroxyl groups is 1. The number of ether oxygens (including phenoxy) is 18. The molecule has 8 N–H and O–H groups in total. The van der Waals surface area contributed by atoms with E-state index in [-0.39, 0.29) is 142 Å². The third-order valence-electron chi connectivity index (χ3n) is 19.9. The Kier molecular flexibility index (Phi) is 50.1. The van der Waals surface area contributed by atoms with Crippen LogP contribution in [0.4, 0.5) is 0 Å². The number of aliphatic hydroxyl groups excluding tert-OH is 1. The highest BCUT2D eigenvalue weighted by Crippen LogP contribution is 2.49. The monoisotopic (exact) mass is 1890 g/mol. The highest BCUT2D eigenvalue weighted by atomic mass is 31.2. The summed E-state index contributed by atoms with van der Waals surface area (Å²) in [4.78, 5) is 195. The lowest BCUT2D eigenvalue weighted by atomic mass is 9.87. The van der Waals surface area contributed by atoms with Crippen molar-refractivity contribution in [1.82, 2.24) is 46.8 Å². The Morgan fingerprint density at radius 3 is 1.41 bits per heavy atom. The van der Waals surface area contributed by atoms with Crippen LogP contribution in [0.5, 0.6) is 0 Å². The molecule has 4 aliphatic rings. The molecule has 3 heterocycles. The SMILES string of the molecule is CC(=O)NC1C(OCCOCCNC(=O)C(Cc2ccc(CNC(=O)[C@H]3CC[C@@H](OP(OCCC#N)N(C(C)C)C(C)C)CC3)cc2)N(CC(=O)NCCOCCOC2OC(COC(C)O)C(OC(C)=O)C(OC(C)=O)C2NC(C)=O)CC(=O)NCCOCCO[C@]2(NC(C)=O)COC(COC(C)=O)C(OC(C)=O)C2OC(C)=O)OC(COC(C)=O)C(OC(C)=O)C1OC(C)=O. The minimum Gasteiger partial charge on any atom is -0.463 e. The summed E-state index contributed by atoms with van der Waals surface area (Å²) in [6.45, 7) is 16.5. The van der Waals surface area contributed by atoms with Gasteiger partial charge in [-0.2, -0.15) is 5.26 Å². The summed E-state index contributed by atoms with van der Waals surface area (Å²) in [5, 5.41) is 38.4. The van der Waals surface area contributed by atoms with Crippen molar-refractivity contribution in [2.45, 2.75) is 272 Å². The van der Waals surface area contributed by atoms with Crippen LogP contribution in [0.25, 0.3) is 0 Å². The normalized spacial score (nSPS) is 24.3. The van der Waals surface area contributed by atoms with Gasteiger partial charge in [-0.25, -0.2) is 4.67 Å². The molecular weight excluding hydrogens is 1760 g/mol. The highest BCUT2D eigenvalue weighted by molar-refractivity contribution is 7.44. The lowest BCUT2D eigenvalue weighted by Crippen LogP contribution is -2.72. The van der Waals surface area contributed by atoms with Crippen molar-refractivity contribution < 1.29 is 171 Å². The van der Waals surface area contributed by atoms with E-state index in [1.807, 2.05) is 0 Å². The van der Waals surface area contributed by atoms with E-state index in [2.05, 4.69) is 75.7 Å². The fraction of sp³-hybridized carbons (Fsp3) is 0.738. The van der Waals surface area contributed by atoms with Crippen molar-refractivity contribution in [2.75, 3.05) is 125 Å². The topological polar surface area (TPSA) is 575 Å². The Labute approximate surface area is 762 Å². The highest BCUT2D eigenvalue weighted by Gasteiger charge is 2.58. The maximum Gasteiger partial charge on any atom is 0.303 e. The predicted molar refractivity (Wildman–Crippen MR) is 452 cm³/mol. The number of amides is 7. The van der Waals surface area contributed by atoms with E-state index in [0.717, 1.165) is 62.3 Å². The number of nitriles is 1. The fourth-order valence-corrected chi connectivity index (χ4v) is 16.4. The first-order valence-electron chi connectivity index (χ1n) is 43.2. The van der Waals surface area contributed by atoms with Gasteiger partial charge >= 0.3 is 47.8 Å². The number of benzene rings is 1. The van der Waals surface area contributed by atoms with E-state index >= 15 is 4.79 Å². The average molecular weight is 1890 g/mol. The maximum absolute atomic E-state index is 15.0. The van der Waals surface area contributed by atoms with E-state index in [0.29, 0.717) is 36.8 Å². The summed E-state index contributed by atoms with van der Waals surface area (Å²) in [7, 11) is -1.49. The van der Waals surface area contributed by atoms with Crippen molar-refractivity contribution in [3.8, 4) is 6.07 Å². The average Bonchev–Trinajstić information content (AvgIpc) is 0.756. The second kappa shape index (κ2) is 58.6. The zero-order valence-electron chi connectivity index (χ0n) is 77.2. The molecule has 5 rings (SSSR count). The van der Waals surface area contributed by atoms with Gasteiger partial charge in [0.2, 0.25) is 47.1 Å². The van der Waals surface area contributed by atoms with Crippen LogP contribution in [-0.4, -0.2) is 345 Å². The molecule has 0 bridgehead atoms. The minimum absolute atomic E-state index is 0.101. The number of rotatable bonds is 56.